The molecule has 2 rings (SSSR count). The summed E-state index contributed by atoms with van der Waals surface area (Å²) in [6.07, 6.45) is 4.53. The molecule has 0 aliphatic rings. The number of aliphatic hydroxyl groups excluding tert-OH is 1. The van der Waals surface area contributed by atoms with Crippen LogP contribution in [0.2, 0.25) is 0 Å². The molecule has 100 valence electrons. The molecule has 0 amide bonds. The summed E-state index contributed by atoms with van der Waals surface area (Å²) < 4.78 is 0. The summed E-state index contributed by atoms with van der Waals surface area (Å²) in [4.78, 5) is 4.17. The van der Waals surface area contributed by atoms with Crippen LogP contribution in [-0.4, -0.2) is 22.7 Å². The maximum Gasteiger partial charge on any atom is 0.0587 e. The Morgan fingerprint density at radius 3 is 2.63 bits per heavy atom. The highest BCUT2D eigenvalue weighted by molar-refractivity contribution is 5.18. The van der Waals surface area contributed by atoms with Crippen molar-refractivity contribution in [2.24, 2.45) is 0 Å². The molecule has 0 aliphatic carbocycles. The zero-order valence-electron chi connectivity index (χ0n) is 11.2. The average molecular weight is 256 g/mol. The highest BCUT2D eigenvalue weighted by atomic mass is 16.3. The van der Waals surface area contributed by atoms with Crippen molar-refractivity contribution in [1.29, 1.82) is 0 Å². The number of hydrogen-bond acceptors (Lipinski definition) is 3. The van der Waals surface area contributed by atoms with E-state index in [-0.39, 0.29) is 12.6 Å². The number of pyridine rings is 1. The monoisotopic (exact) mass is 256 g/mol. The van der Waals surface area contributed by atoms with Gasteiger partial charge in [-0.3, -0.25) is 4.98 Å². The molecule has 0 bridgehead atoms. The van der Waals surface area contributed by atoms with E-state index in [1.807, 2.05) is 37.5 Å². The van der Waals surface area contributed by atoms with Gasteiger partial charge < -0.3 is 10.4 Å². The summed E-state index contributed by atoms with van der Waals surface area (Å²) >= 11 is 0. The van der Waals surface area contributed by atoms with Crippen LogP contribution in [0.1, 0.15) is 16.7 Å². The molecule has 0 fully saturated rings. The van der Waals surface area contributed by atoms with E-state index in [9.17, 15) is 5.11 Å². The quantitative estimate of drug-likeness (QED) is 0.832. The number of nitrogens with zero attached hydrogens (tertiary/aromatic N) is 1. The normalized spacial score (nSPS) is 12.3. The second-order valence-electron chi connectivity index (χ2n) is 4.82. The lowest BCUT2D eigenvalue weighted by Gasteiger charge is -2.16. The third-order valence-corrected chi connectivity index (χ3v) is 3.07. The van der Waals surface area contributed by atoms with Crippen LogP contribution < -0.4 is 5.32 Å². The molecule has 3 heteroatoms. The van der Waals surface area contributed by atoms with Gasteiger partial charge in [-0.1, -0.05) is 36.4 Å². The van der Waals surface area contributed by atoms with Crippen LogP contribution in [0.15, 0.2) is 48.8 Å². The number of aromatic nitrogens is 1. The van der Waals surface area contributed by atoms with Gasteiger partial charge in [0.05, 0.1) is 6.61 Å². The molecule has 1 unspecified atom stereocenters. The highest BCUT2D eigenvalue weighted by Crippen LogP contribution is 2.05. The first-order valence-corrected chi connectivity index (χ1v) is 6.56. The largest absolute Gasteiger partial charge is 0.395 e. The van der Waals surface area contributed by atoms with E-state index in [2.05, 4.69) is 28.5 Å². The summed E-state index contributed by atoms with van der Waals surface area (Å²) in [6, 6.07) is 12.4. The third-order valence-electron chi connectivity index (χ3n) is 3.07. The van der Waals surface area contributed by atoms with Gasteiger partial charge >= 0.3 is 0 Å². The molecule has 3 nitrogen and oxygen atoms in total. The molecule has 1 aromatic carbocycles. The number of hydrogen-bond donors (Lipinski definition) is 2. The zero-order chi connectivity index (χ0) is 13.5. The Labute approximate surface area is 114 Å². The molecule has 1 heterocycles. The van der Waals surface area contributed by atoms with Gasteiger partial charge in [0.15, 0.2) is 0 Å². The lowest BCUT2D eigenvalue weighted by Crippen LogP contribution is -2.34. The third kappa shape index (κ3) is 4.47. The predicted molar refractivity (Wildman–Crippen MR) is 76.8 cm³/mol. The van der Waals surface area contributed by atoms with Crippen LogP contribution in [0.3, 0.4) is 0 Å². The predicted octanol–water partition coefficient (Wildman–Crippen LogP) is 2.08. The van der Waals surface area contributed by atoms with Crippen LogP contribution >= 0.6 is 0 Å². The average Bonchev–Trinajstić information content (AvgIpc) is 2.44. The van der Waals surface area contributed by atoms with E-state index < -0.39 is 0 Å². The fourth-order valence-corrected chi connectivity index (χ4v) is 2.08. The van der Waals surface area contributed by atoms with Gasteiger partial charge in [0.25, 0.3) is 0 Å². The molecule has 0 saturated carbocycles. The molecule has 0 radical (unpaired) electrons. The van der Waals surface area contributed by atoms with E-state index in [1.54, 1.807) is 0 Å². The fourth-order valence-electron chi connectivity index (χ4n) is 2.08. The fraction of sp³-hybridized carbons (Fsp3) is 0.312. The number of nitrogens with one attached hydrogen (secondary N) is 1. The Balaban J connectivity index is 1.89. The minimum Gasteiger partial charge on any atom is -0.395 e. The van der Waals surface area contributed by atoms with Gasteiger partial charge in [-0.25, -0.2) is 0 Å². The van der Waals surface area contributed by atoms with Gasteiger partial charge in [0.2, 0.25) is 0 Å². The standard InChI is InChI=1S/C16H20N2O/c1-13-7-15(10-17-9-13)11-18-16(12-19)8-14-5-3-2-4-6-14/h2-7,9-10,16,18-19H,8,11-12H2,1H3. The smallest absolute Gasteiger partial charge is 0.0587 e. The first-order chi connectivity index (χ1) is 9.28. The van der Waals surface area contributed by atoms with Crippen molar-refractivity contribution >= 4 is 0 Å². The van der Waals surface area contributed by atoms with Gasteiger partial charge in [-0.05, 0) is 30.0 Å². The van der Waals surface area contributed by atoms with Crippen molar-refractivity contribution in [2.75, 3.05) is 6.61 Å². The van der Waals surface area contributed by atoms with E-state index in [4.69, 9.17) is 0 Å². The molecule has 2 aromatic rings. The van der Waals surface area contributed by atoms with Crippen molar-refractivity contribution in [3.05, 3.63) is 65.5 Å². The molecule has 0 saturated heterocycles. The Morgan fingerprint density at radius 1 is 1.16 bits per heavy atom. The summed E-state index contributed by atoms with van der Waals surface area (Å²) in [5.74, 6) is 0. The van der Waals surface area contributed by atoms with Crippen molar-refractivity contribution < 1.29 is 5.11 Å². The van der Waals surface area contributed by atoms with Crippen LogP contribution in [0.5, 0.6) is 0 Å². The lowest BCUT2D eigenvalue weighted by atomic mass is 10.1. The summed E-state index contributed by atoms with van der Waals surface area (Å²) in [6.45, 7) is 2.89. The van der Waals surface area contributed by atoms with Crippen LogP contribution in [0.4, 0.5) is 0 Å². The van der Waals surface area contributed by atoms with E-state index in [0.29, 0.717) is 0 Å². The first-order valence-electron chi connectivity index (χ1n) is 6.56. The molecule has 2 N–H and O–H groups in total. The SMILES string of the molecule is Cc1cncc(CNC(CO)Cc2ccccc2)c1. The molecule has 0 spiro atoms. The molecule has 0 aliphatic heterocycles. The lowest BCUT2D eigenvalue weighted by molar-refractivity contribution is 0.241. The van der Waals surface area contributed by atoms with E-state index in [1.165, 1.54) is 5.56 Å². The Kier molecular flexibility index (Phi) is 5.07. The number of benzene rings is 1. The van der Waals surface area contributed by atoms with Gasteiger partial charge in [0.1, 0.15) is 0 Å². The summed E-state index contributed by atoms with van der Waals surface area (Å²) in [5, 5.41) is 12.8. The van der Waals surface area contributed by atoms with Crippen molar-refractivity contribution in [3.63, 3.8) is 0 Å². The van der Waals surface area contributed by atoms with Crippen molar-refractivity contribution in [2.45, 2.75) is 25.9 Å². The second kappa shape index (κ2) is 7.02. The molecular formula is C16H20N2O. The van der Waals surface area contributed by atoms with Gasteiger partial charge in [-0.2, -0.15) is 0 Å². The first kappa shape index (κ1) is 13.7. The molecule has 1 aromatic heterocycles. The molecule has 1 atom stereocenters. The van der Waals surface area contributed by atoms with E-state index >= 15 is 0 Å². The Morgan fingerprint density at radius 2 is 1.95 bits per heavy atom. The maximum absolute atomic E-state index is 9.44. The van der Waals surface area contributed by atoms with Crippen LogP contribution in [0, 0.1) is 6.92 Å². The number of aryl methyl sites for hydroxylation is 1. The van der Waals surface area contributed by atoms with Gasteiger partial charge in [-0.15, -0.1) is 0 Å². The molecular weight excluding hydrogens is 236 g/mol. The Hall–Kier alpha value is -1.71. The Bertz CT molecular complexity index is 499. The minimum atomic E-state index is 0.0721. The van der Waals surface area contributed by atoms with E-state index in [0.717, 1.165) is 24.1 Å². The zero-order valence-corrected chi connectivity index (χ0v) is 11.2. The number of rotatable bonds is 6. The highest BCUT2D eigenvalue weighted by Gasteiger charge is 2.07. The van der Waals surface area contributed by atoms with Crippen molar-refractivity contribution in [3.8, 4) is 0 Å². The number of aliphatic hydroxyl groups is 1. The van der Waals surface area contributed by atoms with Gasteiger partial charge in [0, 0.05) is 25.0 Å². The molecule has 19 heavy (non-hydrogen) atoms. The second-order valence-corrected chi connectivity index (χ2v) is 4.82. The maximum atomic E-state index is 9.44. The van der Waals surface area contributed by atoms with Crippen LogP contribution in [0.25, 0.3) is 0 Å². The van der Waals surface area contributed by atoms with Crippen LogP contribution in [-0.2, 0) is 13.0 Å². The minimum absolute atomic E-state index is 0.0721. The topological polar surface area (TPSA) is 45.2 Å². The van der Waals surface area contributed by atoms with Crippen molar-refractivity contribution in [1.82, 2.24) is 10.3 Å². The summed E-state index contributed by atoms with van der Waals surface area (Å²) in [7, 11) is 0. The summed E-state index contributed by atoms with van der Waals surface area (Å²) in [5.41, 5.74) is 3.53.